The minimum Gasteiger partial charge on any atom is -0.382 e. The predicted molar refractivity (Wildman–Crippen MR) is 117 cm³/mol. The van der Waals surface area contributed by atoms with Crippen LogP contribution in [0, 0.1) is 10.1 Å². The molecule has 4 aromatic rings. The van der Waals surface area contributed by atoms with Crippen molar-refractivity contribution in [1.29, 1.82) is 0 Å². The molecule has 0 bridgehead atoms. The minimum absolute atomic E-state index is 0.213. The molecule has 4 rings (SSSR count). The van der Waals surface area contributed by atoms with Gasteiger partial charge in [0.05, 0.1) is 10.4 Å². The van der Waals surface area contributed by atoms with Gasteiger partial charge in [0.2, 0.25) is 6.54 Å². The number of nitro groups is 1. The van der Waals surface area contributed by atoms with Gasteiger partial charge in [-0.05, 0) is 53.4 Å². The fraction of sp³-hybridized carbons (Fsp3) is 0.130. The van der Waals surface area contributed by atoms with Crippen LogP contribution in [0.4, 0.5) is 0 Å². The van der Waals surface area contributed by atoms with Crippen molar-refractivity contribution in [1.82, 2.24) is 3.97 Å². The van der Waals surface area contributed by atoms with Crippen LogP contribution in [0.3, 0.4) is 0 Å². The first-order valence-corrected chi connectivity index (χ1v) is 11.1. The predicted octanol–water partition coefficient (Wildman–Crippen LogP) is 3.78. The van der Waals surface area contributed by atoms with Crippen LogP contribution in [0.5, 0.6) is 0 Å². The Kier molecular flexibility index (Phi) is 5.58. The molecule has 0 aliphatic carbocycles. The van der Waals surface area contributed by atoms with Crippen LogP contribution in [0.1, 0.15) is 22.8 Å². The number of benzene rings is 3. The summed E-state index contributed by atoms with van der Waals surface area (Å²) < 4.78 is 27.2. The zero-order valence-corrected chi connectivity index (χ0v) is 17.3. The van der Waals surface area contributed by atoms with Gasteiger partial charge in [-0.2, -0.15) is 0 Å². The highest BCUT2D eigenvalue weighted by molar-refractivity contribution is 7.90. The van der Waals surface area contributed by atoms with Gasteiger partial charge in [0.1, 0.15) is 6.10 Å². The van der Waals surface area contributed by atoms with E-state index in [1.807, 2.05) is 24.3 Å². The maximum Gasteiger partial charge on any atom is 0.268 e. The van der Waals surface area contributed by atoms with Gasteiger partial charge in [0.25, 0.3) is 10.0 Å². The lowest BCUT2D eigenvalue weighted by Crippen LogP contribution is -2.13. The van der Waals surface area contributed by atoms with Gasteiger partial charge < -0.3 is 5.11 Å². The first-order chi connectivity index (χ1) is 14.9. The van der Waals surface area contributed by atoms with Gasteiger partial charge in [0, 0.05) is 16.5 Å². The number of aromatic nitrogens is 1. The average molecular weight is 436 g/mol. The molecule has 158 valence electrons. The first kappa shape index (κ1) is 20.8. The third-order valence-corrected chi connectivity index (χ3v) is 6.85. The lowest BCUT2D eigenvalue weighted by Gasteiger charge is -2.13. The van der Waals surface area contributed by atoms with E-state index in [1.54, 1.807) is 54.6 Å². The Labute approximate surface area is 179 Å². The van der Waals surface area contributed by atoms with Crippen molar-refractivity contribution in [2.45, 2.75) is 17.4 Å². The molecule has 1 N–H and O–H groups in total. The third-order valence-electron chi connectivity index (χ3n) is 5.15. The number of rotatable bonds is 7. The van der Waals surface area contributed by atoms with Gasteiger partial charge in [0.15, 0.2) is 0 Å². The minimum atomic E-state index is -3.70. The van der Waals surface area contributed by atoms with E-state index in [-0.39, 0.29) is 4.90 Å². The summed E-state index contributed by atoms with van der Waals surface area (Å²) in [6, 6.07) is 22.5. The van der Waals surface area contributed by atoms with Crippen LogP contribution in [0.2, 0.25) is 0 Å². The van der Waals surface area contributed by atoms with Crippen molar-refractivity contribution in [3.05, 3.63) is 112 Å². The molecular weight excluding hydrogens is 416 g/mol. The van der Waals surface area contributed by atoms with E-state index in [4.69, 9.17) is 0 Å². The lowest BCUT2D eigenvalue weighted by atomic mass is 9.96. The van der Waals surface area contributed by atoms with Gasteiger partial charge in [-0.15, -0.1) is 0 Å². The van der Waals surface area contributed by atoms with Gasteiger partial charge >= 0.3 is 0 Å². The summed E-state index contributed by atoms with van der Waals surface area (Å²) in [5.74, 6) is 0. The zero-order chi connectivity index (χ0) is 22.0. The molecule has 3 aromatic carbocycles. The molecule has 1 aromatic heterocycles. The van der Waals surface area contributed by atoms with Crippen LogP contribution in [-0.4, -0.2) is 29.0 Å². The van der Waals surface area contributed by atoms with Crippen molar-refractivity contribution < 1.29 is 18.4 Å². The summed E-state index contributed by atoms with van der Waals surface area (Å²) >= 11 is 0. The molecule has 0 amide bonds. The fourth-order valence-electron chi connectivity index (χ4n) is 3.67. The maximum absolute atomic E-state index is 13.0. The lowest BCUT2D eigenvalue weighted by molar-refractivity contribution is -0.491. The highest BCUT2D eigenvalue weighted by Crippen LogP contribution is 2.26. The molecule has 0 radical (unpaired) electrons. The summed E-state index contributed by atoms with van der Waals surface area (Å²) in [5, 5.41) is 21.8. The second-order valence-electron chi connectivity index (χ2n) is 7.23. The standard InChI is InChI=1S/C23H20N2O5S/c26-23(16-25(27)28)21-9-5-4-6-18(21)14-17-10-11-22-19(15-17)12-13-24(22)31(29,30)20-7-2-1-3-8-20/h1-13,15,23,26H,14,16H2. The van der Waals surface area contributed by atoms with Crippen molar-refractivity contribution in [2.24, 2.45) is 0 Å². The Balaban J connectivity index is 1.67. The van der Waals surface area contributed by atoms with E-state index in [1.165, 1.54) is 10.2 Å². The van der Waals surface area contributed by atoms with Crippen LogP contribution in [0.15, 0.2) is 90.0 Å². The molecule has 1 unspecified atom stereocenters. The van der Waals surface area contributed by atoms with Gasteiger partial charge in [-0.3, -0.25) is 10.1 Å². The Morgan fingerprint density at radius 2 is 1.68 bits per heavy atom. The summed E-state index contributed by atoms with van der Waals surface area (Å²) in [5.41, 5.74) is 2.77. The van der Waals surface area contributed by atoms with Crippen molar-refractivity contribution in [3.63, 3.8) is 0 Å². The Morgan fingerprint density at radius 3 is 2.42 bits per heavy atom. The second kappa shape index (κ2) is 8.33. The fourth-order valence-corrected chi connectivity index (χ4v) is 5.05. The quantitative estimate of drug-likeness (QED) is 0.351. The third kappa shape index (κ3) is 4.21. The number of fused-ring (bicyclic) bond motifs is 1. The molecule has 31 heavy (non-hydrogen) atoms. The molecule has 7 nitrogen and oxygen atoms in total. The maximum atomic E-state index is 13.0. The van der Waals surface area contributed by atoms with Crippen molar-refractivity contribution in [3.8, 4) is 0 Å². The van der Waals surface area contributed by atoms with E-state index in [0.29, 0.717) is 17.5 Å². The molecule has 1 heterocycles. The average Bonchev–Trinajstić information content (AvgIpc) is 3.18. The van der Waals surface area contributed by atoms with E-state index < -0.39 is 27.6 Å². The first-order valence-electron chi connectivity index (χ1n) is 9.64. The second-order valence-corrected chi connectivity index (χ2v) is 9.04. The number of aliphatic hydroxyl groups is 1. The molecule has 1 atom stereocenters. The van der Waals surface area contributed by atoms with Crippen LogP contribution in [0.25, 0.3) is 10.9 Å². The van der Waals surface area contributed by atoms with Gasteiger partial charge in [-0.25, -0.2) is 12.4 Å². The number of nitrogens with zero attached hydrogens (tertiary/aromatic N) is 2. The summed E-state index contributed by atoms with van der Waals surface area (Å²) in [4.78, 5) is 10.5. The number of hydrogen-bond acceptors (Lipinski definition) is 5. The Bertz CT molecular complexity index is 1350. The zero-order valence-electron chi connectivity index (χ0n) is 16.5. The van der Waals surface area contributed by atoms with E-state index >= 15 is 0 Å². The summed E-state index contributed by atoms with van der Waals surface area (Å²) in [6.45, 7) is -0.559. The molecule has 0 saturated carbocycles. The van der Waals surface area contributed by atoms with Crippen LogP contribution >= 0.6 is 0 Å². The summed E-state index contributed by atoms with van der Waals surface area (Å²) in [6.07, 6.45) is 0.801. The molecule has 0 spiro atoms. The van der Waals surface area contributed by atoms with Crippen LogP contribution < -0.4 is 0 Å². The molecule has 0 saturated heterocycles. The Morgan fingerprint density at radius 1 is 0.968 bits per heavy atom. The summed E-state index contributed by atoms with van der Waals surface area (Å²) in [7, 11) is -3.70. The normalized spacial score (nSPS) is 12.7. The topological polar surface area (TPSA) is 102 Å². The van der Waals surface area contributed by atoms with Crippen molar-refractivity contribution in [2.75, 3.05) is 6.54 Å². The molecular formula is C23H20N2O5S. The molecule has 0 fully saturated rings. The van der Waals surface area contributed by atoms with E-state index in [0.717, 1.165) is 16.5 Å². The van der Waals surface area contributed by atoms with Gasteiger partial charge in [-0.1, -0.05) is 48.5 Å². The number of aliphatic hydroxyl groups excluding tert-OH is 1. The highest BCUT2D eigenvalue weighted by Gasteiger charge is 2.20. The number of hydrogen-bond donors (Lipinski definition) is 1. The Hall–Kier alpha value is -3.49. The smallest absolute Gasteiger partial charge is 0.268 e. The van der Waals surface area contributed by atoms with Crippen LogP contribution in [-0.2, 0) is 16.4 Å². The largest absolute Gasteiger partial charge is 0.382 e. The molecule has 0 aliphatic rings. The monoisotopic (exact) mass is 436 g/mol. The van der Waals surface area contributed by atoms with E-state index in [2.05, 4.69) is 0 Å². The van der Waals surface area contributed by atoms with E-state index in [9.17, 15) is 23.6 Å². The molecule has 8 heteroatoms. The highest BCUT2D eigenvalue weighted by atomic mass is 32.2. The van der Waals surface area contributed by atoms with Crippen molar-refractivity contribution >= 4 is 20.9 Å². The molecule has 0 aliphatic heterocycles. The SMILES string of the molecule is O=[N+]([O-])CC(O)c1ccccc1Cc1ccc2c(ccn2S(=O)(=O)c2ccccc2)c1.